The molecule has 0 spiro atoms. The van der Waals surface area contributed by atoms with Crippen LogP contribution in [-0.4, -0.2) is 23.3 Å². The minimum absolute atomic E-state index is 0.0513. The second-order valence-electron chi connectivity index (χ2n) is 5.92. The maximum atomic E-state index is 12.2. The van der Waals surface area contributed by atoms with Crippen molar-refractivity contribution in [3.05, 3.63) is 88.4 Å². The number of halogens is 1. The zero-order valence-corrected chi connectivity index (χ0v) is 16.7. The Balaban J connectivity index is 1.55. The van der Waals surface area contributed by atoms with Crippen molar-refractivity contribution >= 4 is 45.5 Å². The van der Waals surface area contributed by atoms with Gasteiger partial charge in [0.05, 0.1) is 6.21 Å². The number of benzene rings is 3. The number of phenols is 1. The molecule has 3 aromatic rings. The van der Waals surface area contributed by atoms with Gasteiger partial charge >= 0.3 is 6.03 Å². The standard InChI is InChI=1S/C21H17BrN4O3/c22-16-8-11-19(27)15(12-16)13-23-26-20(28)14-6-9-18(10-7-14)25-21(29)24-17-4-2-1-3-5-17/h1-13,27H,(H,26,28)(H2,24,25,29). The van der Waals surface area contributed by atoms with Crippen LogP contribution in [0.15, 0.2) is 82.4 Å². The molecule has 0 fully saturated rings. The predicted octanol–water partition coefficient (Wildman–Crippen LogP) is 4.56. The third-order valence-electron chi connectivity index (χ3n) is 3.80. The zero-order valence-electron chi connectivity index (χ0n) is 15.1. The molecule has 8 heteroatoms. The molecule has 0 aliphatic heterocycles. The molecule has 0 saturated heterocycles. The fraction of sp³-hybridized carbons (Fsp3) is 0. The Bertz CT molecular complexity index is 1040. The third kappa shape index (κ3) is 5.91. The summed E-state index contributed by atoms with van der Waals surface area (Å²) in [6.07, 6.45) is 1.35. The molecule has 0 saturated carbocycles. The van der Waals surface area contributed by atoms with Crippen molar-refractivity contribution in [3.8, 4) is 5.75 Å². The number of nitrogens with zero attached hydrogens (tertiary/aromatic N) is 1. The van der Waals surface area contributed by atoms with Crippen LogP contribution < -0.4 is 16.1 Å². The lowest BCUT2D eigenvalue weighted by Gasteiger charge is -2.08. The number of carbonyl (C=O) groups excluding carboxylic acids is 2. The minimum atomic E-state index is -0.420. The lowest BCUT2D eigenvalue weighted by atomic mass is 10.2. The highest BCUT2D eigenvalue weighted by Crippen LogP contribution is 2.20. The SMILES string of the molecule is O=C(Nc1ccccc1)Nc1ccc(C(=O)NN=Cc2cc(Br)ccc2O)cc1. The van der Waals surface area contributed by atoms with Crippen LogP contribution in [0.2, 0.25) is 0 Å². The van der Waals surface area contributed by atoms with Crippen molar-refractivity contribution in [2.24, 2.45) is 5.10 Å². The van der Waals surface area contributed by atoms with E-state index in [1.165, 1.54) is 12.3 Å². The van der Waals surface area contributed by atoms with Crippen LogP contribution in [0.1, 0.15) is 15.9 Å². The Labute approximate surface area is 175 Å². The van der Waals surface area contributed by atoms with Gasteiger partial charge in [0, 0.05) is 27.0 Å². The van der Waals surface area contributed by atoms with Gasteiger partial charge in [-0.15, -0.1) is 0 Å². The molecular weight excluding hydrogens is 436 g/mol. The summed E-state index contributed by atoms with van der Waals surface area (Å²) < 4.78 is 0.780. The van der Waals surface area contributed by atoms with E-state index in [1.807, 2.05) is 18.2 Å². The van der Waals surface area contributed by atoms with E-state index in [0.29, 0.717) is 22.5 Å². The highest BCUT2D eigenvalue weighted by atomic mass is 79.9. The summed E-state index contributed by atoms with van der Waals surface area (Å²) in [4.78, 5) is 24.1. The predicted molar refractivity (Wildman–Crippen MR) is 116 cm³/mol. The first-order valence-corrected chi connectivity index (χ1v) is 9.35. The Hall–Kier alpha value is -3.65. The zero-order chi connectivity index (χ0) is 20.6. The van der Waals surface area contributed by atoms with E-state index >= 15 is 0 Å². The summed E-state index contributed by atoms with van der Waals surface area (Å²) >= 11 is 3.30. The molecule has 3 amide bonds. The van der Waals surface area contributed by atoms with Crippen LogP contribution in [0, 0.1) is 0 Å². The Morgan fingerprint density at radius 2 is 1.55 bits per heavy atom. The second-order valence-corrected chi connectivity index (χ2v) is 6.84. The summed E-state index contributed by atoms with van der Waals surface area (Å²) in [5, 5.41) is 19.0. The Morgan fingerprint density at radius 1 is 0.897 bits per heavy atom. The number of amides is 3. The van der Waals surface area contributed by atoms with Gasteiger partial charge in [-0.1, -0.05) is 34.1 Å². The number of urea groups is 1. The molecule has 29 heavy (non-hydrogen) atoms. The van der Waals surface area contributed by atoms with E-state index in [1.54, 1.807) is 48.5 Å². The molecule has 0 aliphatic rings. The molecule has 7 nitrogen and oxygen atoms in total. The number of aromatic hydroxyl groups is 1. The van der Waals surface area contributed by atoms with E-state index in [2.05, 4.69) is 37.1 Å². The van der Waals surface area contributed by atoms with Crippen LogP contribution in [0.3, 0.4) is 0 Å². The fourth-order valence-corrected chi connectivity index (χ4v) is 2.75. The largest absolute Gasteiger partial charge is 0.507 e. The Kier molecular flexibility index (Phi) is 6.59. The van der Waals surface area contributed by atoms with E-state index in [-0.39, 0.29) is 11.8 Å². The van der Waals surface area contributed by atoms with Crippen LogP contribution in [-0.2, 0) is 0 Å². The summed E-state index contributed by atoms with van der Waals surface area (Å²) in [6, 6.07) is 19.9. The molecule has 146 valence electrons. The monoisotopic (exact) mass is 452 g/mol. The number of anilines is 2. The maximum absolute atomic E-state index is 12.2. The van der Waals surface area contributed by atoms with Gasteiger partial charge in [-0.25, -0.2) is 10.2 Å². The molecule has 0 atom stereocenters. The summed E-state index contributed by atoms with van der Waals surface area (Å²) in [6.45, 7) is 0. The molecule has 0 heterocycles. The molecular formula is C21H17BrN4O3. The van der Waals surface area contributed by atoms with Crippen molar-refractivity contribution in [2.75, 3.05) is 10.6 Å². The van der Waals surface area contributed by atoms with Crippen LogP contribution in [0.5, 0.6) is 5.75 Å². The molecule has 0 unspecified atom stereocenters. The maximum Gasteiger partial charge on any atom is 0.323 e. The normalized spacial score (nSPS) is 10.5. The van der Waals surface area contributed by atoms with Crippen molar-refractivity contribution in [2.45, 2.75) is 0 Å². The van der Waals surface area contributed by atoms with E-state index in [9.17, 15) is 14.7 Å². The van der Waals surface area contributed by atoms with Gasteiger partial charge in [0.15, 0.2) is 0 Å². The van der Waals surface area contributed by atoms with Gasteiger partial charge in [0.2, 0.25) is 0 Å². The smallest absolute Gasteiger partial charge is 0.323 e. The highest BCUT2D eigenvalue weighted by Gasteiger charge is 2.06. The Morgan fingerprint density at radius 3 is 2.24 bits per heavy atom. The van der Waals surface area contributed by atoms with Crippen molar-refractivity contribution < 1.29 is 14.7 Å². The summed E-state index contributed by atoms with van der Waals surface area (Å²) in [5.74, 6) is -0.369. The van der Waals surface area contributed by atoms with Gasteiger partial charge in [-0.05, 0) is 54.6 Å². The lowest BCUT2D eigenvalue weighted by Crippen LogP contribution is -2.20. The van der Waals surface area contributed by atoms with Gasteiger partial charge in [-0.2, -0.15) is 5.10 Å². The van der Waals surface area contributed by atoms with Crippen molar-refractivity contribution in [1.82, 2.24) is 5.43 Å². The van der Waals surface area contributed by atoms with Gasteiger partial charge in [0.1, 0.15) is 5.75 Å². The second kappa shape index (κ2) is 9.52. The van der Waals surface area contributed by atoms with E-state index < -0.39 is 5.91 Å². The van der Waals surface area contributed by atoms with Crippen molar-refractivity contribution in [1.29, 1.82) is 0 Å². The third-order valence-corrected chi connectivity index (χ3v) is 4.29. The number of hydrogen-bond donors (Lipinski definition) is 4. The molecule has 0 aliphatic carbocycles. The van der Waals surface area contributed by atoms with Crippen LogP contribution in [0.4, 0.5) is 16.2 Å². The number of nitrogens with one attached hydrogen (secondary N) is 3. The van der Waals surface area contributed by atoms with Gasteiger partial charge in [0.25, 0.3) is 5.91 Å². The lowest BCUT2D eigenvalue weighted by molar-refractivity contribution is 0.0955. The number of rotatable bonds is 5. The molecule has 3 aromatic carbocycles. The number of carbonyl (C=O) groups is 2. The van der Waals surface area contributed by atoms with Crippen LogP contribution >= 0.6 is 15.9 Å². The number of para-hydroxylation sites is 1. The van der Waals surface area contributed by atoms with E-state index in [4.69, 9.17) is 0 Å². The van der Waals surface area contributed by atoms with E-state index in [0.717, 1.165) is 4.47 Å². The number of hydrogen-bond acceptors (Lipinski definition) is 4. The highest BCUT2D eigenvalue weighted by molar-refractivity contribution is 9.10. The van der Waals surface area contributed by atoms with Crippen LogP contribution in [0.25, 0.3) is 0 Å². The summed E-state index contributed by atoms with van der Waals surface area (Å²) in [7, 11) is 0. The molecule has 0 aromatic heterocycles. The average molecular weight is 453 g/mol. The molecule has 4 N–H and O–H groups in total. The van der Waals surface area contributed by atoms with Gasteiger partial charge in [-0.3, -0.25) is 4.79 Å². The fourth-order valence-electron chi connectivity index (χ4n) is 2.37. The minimum Gasteiger partial charge on any atom is -0.507 e. The topological polar surface area (TPSA) is 103 Å². The number of phenolic OH excluding ortho intramolecular Hbond substituents is 1. The molecule has 3 rings (SSSR count). The average Bonchev–Trinajstić information content (AvgIpc) is 2.71. The quantitative estimate of drug-likeness (QED) is 0.336. The number of hydrazone groups is 1. The van der Waals surface area contributed by atoms with Gasteiger partial charge < -0.3 is 15.7 Å². The first kappa shape index (κ1) is 20.1. The molecule has 0 radical (unpaired) electrons. The summed E-state index contributed by atoms with van der Waals surface area (Å²) in [5.41, 5.74) is 4.44. The molecule has 0 bridgehead atoms. The first-order chi connectivity index (χ1) is 14.0. The first-order valence-electron chi connectivity index (χ1n) is 8.56. The van der Waals surface area contributed by atoms with Crippen molar-refractivity contribution in [3.63, 3.8) is 0 Å².